The lowest BCUT2D eigenvalue weighted by atomic mass is 10.1. The fraction of sp³-hybridized carbons (Fsp3) is 0.333. The lowest BCUT2D eigenvalue weighted by Gasteiger charge is -2.14. The average molecular weight is 342 g/mol. The molecule has 0 radical (unpaired) electrons. The zero-order chi connectivity index (χ0) is 13.8. The van der Waals surface area contributed by atoms with Gasteiger partial charge in [-0.25, -0.2) is 4.39 Å². The summed E-state index contributed by atoms with van der Waals surface area (Å²) in [6.45, 7) is 4.92. The van der Waals surface area contributed by atoms with Gasteiger partial charge in [-0.2, -0.15) is 0 Å². The van der Waals surface area contributed by atoms with E-state index in [0.29, 0.717) is 5.56 Å². The van der Waals surface area contributed by atoms with Crippen molar-refractivity contribution in [1.29, 1.82) is 0 Å². The molecule has 0 aliphatic carbocycles. The van der Waals surface area contributed by atoms with Crippen LogP contribution in [0.15, 0.2) is 34.8 Å². The van der Waals surface area contributed by atoms with Gasteiger partial charge in [-0.1, -0.05) is 28.9 Å². The smallest absolute Gasteiger partial charge is 0.129 e. The SMILES string of the molecule is CCc1ccc(CNC(C)c2ccc(Br)cc2F)s1. The summed E-state index contributed by atoms with van der Waals surface area (Å²) in [5.41, 5.74) is 0.704. The van der Waals surface area contributed by atoms with Crippen LogP contribution in [0.1, 0.15) is 35.2 Å². The monoisotopic (exact) mass is 341 g/mol. The molecule has 1 N–H and O–H groups in total. The molecule has 1 atom stereocenters. The Kier molecular flexibility index (Phi) is 5.13. The molecule has 0 fully saturated rings. The summed E-state index contributed by atoms with van der Waals surface area (Å²) in [4.78, 5) is 2.68. The van der Waals surface area contributed by atoms with Crippen LogP contribution >= 0.6 is 27.3 Å². The lowest BCUT2D eigenvalue weighted by Crippen LogP contribution is -2.18. The molecular weight excluding hydrogens is 325 g/mol. The van der Waals surface area contributed by atoms with Crippen molar-refractivity contribution in [3.05, 3.63) is 55.9 Å². The Morgan fingerprint density at radius 3 is 2.63 bits per heavy atom. The van der Waals surface area contributed by atoms with Crippen LogP contribution in [0.25, 0.3) is 0 Å². The molecular formula is C15H17BrFNS. The van der Waals surface area contributed by atoms with Gasteiger partial charge >= 0.3 is 0 Å². The van der Waals surface area contributed by atoms with E-state index in [0.717, 1.165) is 17.4 Å². The van der Waals surface area contributed by atoms with Crippen molar-refractivity contribution in [3.63, 3.8) is 0 Å². The molecule has 102 valence electrons. The van der Waals surface area contributed by atoms with E-state index >= 15 is 0 Å². The van der Waals surface area contributed by atoms with Gasteiger partial charge in [-0.3, -0.25) is 0 Å². The van der Waals surface area contributed by atoms with Crippen molar-refractivity contribution in [3.8, 4) is 0 Å². The first kappa shape index (κ1) is 14.7. The predicted octanol–water partition coefficient (Wildman–Crippen LogP) is 5.06. The van der Waals surface area contributed by atoms with Crippen molar-refractivity contribution in [2.75, 3.05) is 0 Å². The molecule has 0 saturated carbocycles. The van der Waals surface area contributed by atoms with Crippen LogP contribution in [-0.2, 0) is 13.0 Å². The molecule has 2 rings (SSSR count). The fourth-order valence-electron chi connectivity index (χ4n) is 1.92. The Balaban J connectivity index is 1.98. The number of nitrogens with one attached hydrogen (secondary N) is 1. The third kappa shape index (κ3) is 3.88. The Labute approximate surface area is 126 Å². The molecule has 2 aromatic rings. The second-order valence-corrected chi connectivity index (χ2v) is 6.66. The van der Waals surface area contributed by atoms with Gasteiger partial charge in [-0.15, -0.1) is 11.3 Å². The minimum absolute atomic E-state index is 0.000256. The summed E-state index contributed by atoms with van der Waals surface area (Å²) in [7, 11) is 0. The maximum absolute atomic E-state index is 13.8. The molecule has 1 heterocycles. The molecule has 0 saturated heterocycles. The highest BCUT2D eigenvalue weighted by molar-refractivity contribution is 9.10. The summed E-state index contributed by atoms with van der Waals surface area (Å²) in [5.74, 6) is -0.171. The maximum atomic E-state index is 13.8. The molecule has 1 aromatic carbocycles. The number of rotatable bonds is 5. The third-order valence-electron chi connectivity index (χ3n) is 3.08. The summed E-state index contributed by atoms with van der Waals surface area (Å²) in [5, 5.41) is 3.37. The molecule has 0 spiro atoms. The first-order valence-corrected chi connectivity index (χ1v) is 7.97. The third-order valence-corrected chi connectivity index (χ3v) is 4.80. The van der Waals surface area contributed by atoms with Crippen molar-refractivity contribution < 1.29 is 4.39 Å². The molecule has 0 amide bonds. The van der Waals surface area contributed by atoms with E-state index in [9.17, 15) is 4.39 Å². The number of benzene rings is 1. The van der Waals surface area contributed by atoms with E-state index in [1.54, 1.807) is 0 Å². The largest absolute Gasteiger partial charge is 0.305 e. The second kappa shape index (κ2) is 6.64. The van der Waals surface area contributed by atoms with Gasteiger partial charge in [0.05, 0.1) is 0 Å². The van der Waals surface area contributed by atoms with Crippen molar-refractivity contribution in [1.82, 2.24) is 5.32 Å². The Morgan fingerprint density at radius 1 is 1.26 bits per heavy atom. The van der Waals surface area contributed by atoms with Gasteiger partial charge in [0, 0.05) is 32.4 Å². The topological polar surface area (TPSA) is 12.0 Å². The van der Waals surface area contributed by atoms with E-state index in [1.165, 1.54) is 15.8 Å². The van der Waals surface area contributed by atoms with Gasteiger partial charge in [-0.05, 0) is 37.6 Å². The Hall–Kier alpha value is -0.710. The summed E-state index contributed by atoms with van der Waals surface area (Å²) < 4.78 is 14.6. The maximum Gasteiger partial charge on any atom is 0.129 e. The van der Waals surface area contributed by atoms with Gasteiger partial charge in [0.15, 0.2) is 0 Å². The van der Waals surface area contributed by atoms with Crippen LogP contribution in [0.5, 0.6) is 0 Å². The van der Waals surface area contributed by atoms with Gasteiger partial charge < -0.3 is 5.32 Å². The molecule has 0 aliphatic rings. The molecule has 1 nitrogen and oxygen atoms in total. The Bertz CT molecular complexity index is 553. The summed E-state index contributed by atoms with van der Waals surface area (Å²) in [6, 6.07) is 9.50. The zero-order valence-electron chi connectivity index (χ0n) is 11.0. The number of hydrogen-bond acceptors (Lipinski definition) is 2. The predicted molar refractivity (Wildman–Crippen MR) is 83.1 cm³/mol. The normalized spacial score (nSPS) is 12.6. The quantitative estimate of drug-likeness (QED) is 0.801. The van der Waals surface area contributed by atoms with Crippen molar-refractivity contribution >= 4 is 27.3 Å². The van der Waals surface area contributed by atoms with Crippen molar-refractivity contribution in [2.45, 2.75) is 32.9 Å². The summed E-state index contributed by atoms with van der Waals surface area (Å²) in [6.07, 6.45) is 1.07. The number of thiophene rings is 1. The van der Waals surface area contributed by atoms with E-state index in [4.69, 9.17) is 0 Å². The van der Waals surface area contributed by atoms with Crippen LogP contribution in [0.3, 0.4) is 0 Å². The minimum Gasteiger partial charge on any atom is -0.305 e. The minimum atomic E-state index is -0.171. The first-order valence-electron chi connectivity index (χ1n) is 6.36. The highest BCUT2D eigenvalue weighted by Crippen LogP contribution is 2.22. The van der Waals surface area contributed by atoms with E-state index in [2.05, 4.69) is 40.3 Å². The molecule has 1 aromatic heterocycles. The van der Waals surface area contributed by atoms with E-state index in [1.807, 2.05) is 30.4 Å². The van der Waals surface area contributed by atoms with Gasteiger partial charge in [0.25, 0.3) is 0 Å². The molecule has 19 heavy (non-hydrogen) atoms. The van der Waals surface area contributed by atoms with Gasteiger partial charge in [0.1, 0.15) is 5.82 Å². The number of halogens is 2. The van der Waals surface area contributed by atoms with Crippen molar-refractivity contribution in [2.24, 2.45) is 0 Å². The van der Waals surface area contributed by atoms with Crippen LogP contribution in [0.2, 0.25) is 0 Å². The van der Waals surface area contributed by atoms with E-state index < -0.39 is 0 Å². The first-order chi connectivity index (χ1) is 9.10. The molecule has 1 unspecified atom stereocenters. The molecule has 0 aliphatic heterocycles. The zero-order valence-corrected chi connectivity index (χ0v) is 13.4. The highest BCUT2D eigenvalue weighted by Gasteiger charge is 2.11. The molecule has 0 bridgehead atoms. The highest BCUT2D eigenvalue weighted by atomic mass is 79.9. The van der Waals surface area contributed by atoms with Gasteiger partial charge in [0.2, 0.25) is 0 Å². The second-order valence-electron chi connectivity index (χ2n) is 4.49. The fourth-order valence-corrected chi connectivity index (χ4v) is 3.17. The van der Waals surface area contributed by atoms with Crippen LogP contribution in [0.4, 0.5) is 4.39 Å². The average Bonchev–Trinajstić information content (AvgIpc) is 2.84. The van der Waals surface area contributed by atoms with Crippen LogP contribution in [-0.4, -0.2) is 0 Å². The lowest BCUT2D eigenvalue weighted by molar-refractivity contribution is 0.530. The van der Waals surface area contributed by atoms with Crippen LogP contribution in [0, 0.1) is 5.82 Å². The summed E-state index contributed by atoms with van der Waals surface area (Å²) >= 11 is 5.09. The Morgan fingerprint density at radius 2 is 2.00 bits per heavy atom. The van der Waals surface area contributed by atoms with Crippen LogP contribution < -0.4 is 5.32 Å². The number of aryl methyl sites for hydroxylation is 1. The number of hydrogen-bond donors (Lipinski definition) is 1. The molecule has 4 heteroatoms. The van der Waals surface area contributed by atoms with E-state index in [-0.39, 0.29) is 11.9 Å². The standard InChI is InChI=1S/C15H17BrFNS/c1-3-12-5-6-13(19-12)9-18-10(2)14-7-4-11(16)8-15(14)17/h4-8,10,18H,3,9H2,1-2H3.